The van der Waals surface area contributed by atoms with Gasteiger partial charge in [-0.2, -0.15) is 0 Å². The van der Waals surface area contributed by atoms with Crippen LogP contribution in [0.3, 0.4) is 0 Å². The van der Waals surface area contributed by atoms with Gasteiger partial charge < -0.3 is 4.90 Å². The molecule has 0 aromatic carbocycles. The Kier molecular flexibility index (Phi) is 4.74. The van der Waals surface area contributed by atoms with Crippen LogP contribution in [0.1, 0.15) is 13.8 Å². The molecule has 0 saturated carbocycles. The lowest BCUT2D eigenvalue weighted by Crippen LogP contribution is -2.21. The molecule has 0 saturated heterocycles. The van der Waals surface area contributed by atoms with Gasteiger partial charge in [-0.05, 0) is 6.72 Å². The van der Waals surface area contributed by atoms with E-state index in [9.17, 15) is 4.79 Å². The molecule has 0 aliphatic carbocycles. The maximum absolute atomic E-state index is 11.2. The van der Waals surface area contributed by atoms with Crippen molar-refractivity contribution in [2.75, 3.05) is 13.6 Å². The number of likely N-dealkylation sites (N-methyl/N-ethyl adjacent to an activating group) is 1. The molecule has 3 nitrogen and oxygen atoms in total. The Labute approximate surface area is 79.5 Å². The summed E-state index contributed by atoms with van der Waals surface area (Å²) in [6.45, 7) is 11.5. The summed E-state index contributed by atoms with van der Waals surface area (Å²) in [5, 5.41) is 0. The molecule has 0 bridgehead atoms. The van der Waals surface area contributed by atoms with Gasteiger partial charge in [-0.25, -0.2) is 0 Å². The third kappa shape index (κ3) is 2.28. The molecule has 0 fully saturated rings. The molecule has 0 atom stereocenters. The first-order chi connectivity index (χ1) is 6.20. The van der Waals surface area contributed by atoms with Gasteiger partial charge >= 0.3 is 0 Å². The topological polar surface area (TPSA) is 32.7 Å². The van der Waals surface area contributed by atoms with Crippen molar-refractivity contribution < 1.29 is 4.79 Å². The highest BCUT2D eigenvalue weighted by Crippen LogP contribution is 2.18. The average molecular weight is 180 g/mol. The molecule has 13 heavy (non-hydrogen) atoms. The summed E-state index contributed by atoms with van der Waals surface area (Å²) in [6, 6.07) is 0. The third-order valence-corrected chi connectivity index (χ3v) is 1.67. The number of rotatable bonds is 2. The Morgan fingerprint density at radius 3 is 2.38 bits per heavy atom. The summed E-state index contributed by atoms with van der Waals surface area (Å²) in [5.41, 5.74) is 1.29. The van der Waals surface area contributed by atoms with Crippen molar-refractivity contribution in [2.24, 2.45) is 4.99 Å². The van der Waals surface area contributed by atoms with Crippen LogP contribution in [0.5, 0.6) is 0 Å². The van der Waals surface area contributed by atoms with E-state index in [-0.39, 0.29) is 5.91 Å². The Bertz CT molecular complexity index is 254. The number of amides is 1. The minimum absolute atomic E-state index is 0.0256. The summed E-state index contributed by atoms with van der Waals surface area (Å²) in [6.07, 6.45) is 1.52. The fourth-order valence-electron chi connectivity index (χ4n) is 1.05. The minimum Gasteiger partial charge on any atom is -0.336 e. The molecule has 1 aliphatic heterocycles. The Morgan fingerprint density at radius 2 is 2.08 bits per heavy atom. The molecule has 1 aliphatic rings. The molecular weight excluding hydrogens is 164 g/mol. The zero-order valence-corrected chi connectivity index (χ0v) is 8.50. The van der Waals surface area contributed by atoms with Crippen LogP contribution in [0, 0.1) is 0 Å². The van der Waals surface area contributed by atoms with E-state index in [1.54, 1.807) is 11.9 Å². The maximum atomic E-state index is 11.2. The number of aliphatic imine (C=N–C) groups is 1. The first-order valence-electron chi connectivity index (χ1n) is 4.28. The van der Waals surface area contributed by atoms with Crippen molar-refractivity contribution in [2.45, 2.75) is 13.8 Å². The third-order valence-electron chi connectivity index (χ3n) is 1.67. The van der Waals surface area contributed by atoms with Crippen molar-refractivity contribution in [1.29, 1.82) is 0 Å². The number of nitrogens with zero attached hydrogens (tertiary/aromatic N) is 2. The Morgan fingerprint density at radius 1 is 1.54 bits per heavy atom. The summed E-state index contributed by atoms with van der Waals surface area (Å²) in [5.74, 6) is -0.0256. The number of hydrogen-bond donors (Lipinski definition) is 0. The monoisotopic (exact) mass is 180 g/mol. The highest BCUT2D eigenvalue weighted by Gasteiger charge is 2.24. The molecule has 1 heterocycles. The molecule has 3 heteroatoms. The first kappa shape index (κ1) is 11.6. The highest BCUT2D eigenvalue weighted by molar-refractivity contribution is 5.99. The lowest BCUT2D eigenvalue weighted by molar-refractivity contribution is -0.124. The molecular formula is C10H16N2O. The van der Waals surface area contributed by atoms with Crippen molar-refractivity contribution in [3.63, 3.8) is 0 Å². The minimum atomic E-state index is -0.0256. The molecule has 0 spiro atoms. The van der Waals surface area contributed by atoms with Crippen molar-refractivity contribution in [1.82, 2.24) is 4.90 Å². The predicted octanol–water partition coefficient (Wildman–Crippen LogP) is 1.63. The largest absolute Gasteiger partial charge is 0.336 e. The molecule has 1 rings (SSSR count). The van der Waals surface area contributed by atoms with Gasteiger partial charge in [-0.1, -0.05) is 26.5 Å². The van der Waals surface area contributed by atoms with Crippen LogP contribution >= 0.6 is 0 Å². The zero-order valence-electron chi connectivity index (χ0n) is 8.50. The quantitative estimate of drug-likeness (QED) is 0.594. The Balaban J connectivity index is 0.000000671. The van der Waals surface area contributed by atoms with E-state index >= 15 is 0 Å². The lowest BCUT2D eigenvalue weighted by Gasteiger charge is -2.05. The summed E-state index contributed by atoms with van der Waals surface area (Å²) in [7, 11) is 1.73. The zero-order chi connectivity index (χ0) is 10.4. The first-order valence-corrected chi connectivity index (χ1v) is 4.28. The van der Waals surface area contributed by atoms with Crippen LogP contribution in [0.25, 0.3) is 0 Å². The van der Waals surface area contributed by atoms with Crippen LogP contribution < -0.4 is 0 Å². The van der Waals surface area contributed by atoms with Gasteiger partial charge in [0.15, 0.2) is 0 Å². The van der Waals surface area contributed by atoms with E-state index in [0.29, 0.717) is 17.8 Å². The van der Waals surface area contributed by atoms with E-state index in [2.05, 4.69) is 18.3 Å². The fourth-order valence-corrected chi connectivity index (χ4v) is 1.05. The van der Waals surface area contributed by atoms with Crippen LogP contribution in [0.15, 0.2) is 28.9 Å². The molecule has 0 aromatic rings. The average Bonchev–Trinajstić information content (AvgIpc) is 2.46. The van der Waals surface area contributed by atoms with Crippen LogP contribution in [0.2, 0.25) is 0 Å². The van der Waals surface area contributed by atoms with Crippen LogP contribution in [0.4, 0.5) is 0 Å². The normalized spacial score (nSPS) is 15.3. The number of carbonyl (C=O) groups excluding carboxylic acids is 1. The van der Waals surface area contributed by atoms with Crippen LogP contribution in [-0.2, 0) is 4.79 Å². The van der Waals surface area contributed by atoms with Gasteiger partial charge in [0.25, 0.3) is 5.91 Å². The van der Waals surface area contributed by atoms with E-state index < -0.39 is 0 Å². The number of carbonyl (C=O) groups is 1. The summed E-state index contributed by atoms with van der Waals surface area (Å²) >= 11 is 0. The van der Waals surface area contributed by atoms with E-state index in [4.69, 9.17) is 0 Å². The second kappa shape index (κ2) is 5.30. The molecule has 1 amide bonds. The smallest absolute Gasteiger partial charge is 0.255 e. The van der Waals surface area contributed by atoms with Gasteiger partial charge in [0.2, 0.25) is 0 Å². The molecule has 0 radical (unpaired) electrons. The summed E-state index contributed by atoms with van der Waals surface area (Å²) in [4.78, 5) is 16.5. The van der Waals surface area contributed by atoms with Gasteiger partial charge in [0.1, 0.15) is 0 Å². The molecule has 0 N–H and O–H groups in total. The SMILES string of the molecule is C=CC1=C(N=C)CN(C)C1=O.CC. The second-order valence-corrected chi connectivity index (χ2v) is 2.38. The van der Waals surface area contributed by atoms with E-state index in [0.717, 1.165) is 0 Å². The Hall–Kier alpha value is -1.38. The number of hydrogen-bond acceptors (Lipinski definition) is 2. The van der Waals surface area contributed by atoms with Crippen molar-refractivity contribution in [3.05, 3.63) is 23.9 Å². The molecule has 0 unspecified atom stereocenters. The maximum Gasteiger partial charge on any atom is 0.255 e. The summed E-state index contributed by atoms with van der Waals surface area (Å²) < 4.78 is 0. The van der Waals surface area contributed by atoms with Gasteiger partial charge in [0, 0.05) is 7.05 Å². The fraction of sp³-hybridized carbons (Fsp3) is 0.400. The van der Waals surface area contributed by atoms with Gasteiger partial charge in [-0.15, -0.1) is 0 Å². The van der Waals surface area contributed by atoms with Gasteiger partial charge in [0.05, 0.1) is 17.8 Å². The van der Waals surface area contributed by atoms with E-state index in [1.807, 2.05) is 13.8 Å². The van der Waals surface area contributed by atoms with Gasteiger partial charge in [-0.3, -0.25) is 9.79 Å². The van der Waals surface area contributed by atoms with Crippen molar-refractivity contribution in [3.8, 4) is 0 Å². The van der Waals surface area contributed by atoms with E-state index in [1.165, 1.54) is 6.08 Å². The highest BCUT2D eigenvalue weighted by atomic mass is 16.2. The van der Waals surface area contributed by atoms with Crippen molar-refractivity contribution >= 4 is 12.6 Å². The molecule has 72 valence electrons. The second-order valence-electron chi connectivity index (χ2n) is 2.38. The predicted molar refractivity (Wildman–Crippen MR) is 55.8 cm³/mol. The van der Waals surface area contributed by atoms with Crippen LogP contribution in [-0.4, -0.2) is 31.1 Å². The molecule has 0 aromatic heterocycles. The standard InChI is InChI=1S/C8H10N2O.C2H6/c1-4-6-7(9-2)5-10(3)8(6)11;1-2/h4H,1-2,5H2,3H3;1-2H3. The lowest BCUT2D eigenvalue weighted by atomic mass is 10.2.